The summed E-state index contributed by atoms with van der Waals surface area (Å²) in [5.74, 6) is -0.228. The largest absolute Gasteiger partial charge is 0.494 e. The predicted octanol–water partition coefficient (Wildman–Crippen LogP) is 2.51. The molecule has 0 spiro atoms. The van der Waals surface area contributed by atoms with Crippen LogP contribution in [0.4, 0.5) is 0 Å². The minimum atomic E-state index is -0.949. The van der Waals surface area contributed by atoms with E-state index in [0.29, 0.717) is 13.0 Å². The summed E-state index contributed by atoms with van der Waals surface area (Å²) in [5.41, 5.74) is 0.854. The van der Waals surface area contributed by atoms with Gasteiger partial charge in [-0.25, -0.2) is 4.79 Å². The maximum atomic E-state index is 11.1. The summed E-state index contributed by atoms with van der Waals surface area (Å²) in [6.07, 6.45) is -0.652. The van der Waals surface area contributed by atoms with Crippen molar-refractivity contribution < 1.29 is 19.4 Å². The van der Waals surface area contributed by atoms with Gasteiger partial charge in [-0.2, -0.15) is 0 Å². The first-order valence-corrected chi connectivity index (χ1v) is 6.13. The number of aliphatic carboxylic acids is 1. The SMILES string of the molecule is CCOc1ccccc1C[C@H](OC(C)C)C(=O)O. The Balaban J connectivity index is 2.82. The van der Waals surface area contributed by atoms with Crippen molar-refractivity contribution in [1.82, 2.24) is 0 Å². The molecule has 0 aliphatic heterocycles. The van der Waals surface area contributed by atoms with Gasteiger partial charge in [0, 0.05) is 6.42 Å². The van der Waals surface area contributed by atoms with Gasteiger partial charge in [0.05, 0.1) is 12.7 Å². The molecule has 0 unspecified atom stereocenters. The van der Waals surface area contributed by atoms with E-state index in [1.807, 2.05) is 45.0 Å². The van der Waals surface area contributed by atoms with Crippen LogP contribution in [0.2, 0.25) is 0 Å². The molecule has 0 heterocycles. The van der Waals surface area contributed by atoms with Crippen LogP contribution in [0.15, 0.2) is 24.3 Å². The number of hydrogen-bond donors (Lipinski definition) is 1. The van der Waals surface area contributed by atoms with Crippen LogP contribution in [0.5, 0.6) is 5.75 Å². The summed E-state index contributed by atoms with van der Waals surface area (Å²) < 4.78 is 10.9. The Morgan fingerprint density at radius 3 is 2.56 bits per heavy atom. The lowest BCUT2D eigenvalue weighted by Crippen LogP contribution is -2.29. The van der Waals surface area contributed by atoms with Crippen LogP contribution >= 0.6 is 0 Å². The first kappa shape index (κ1) is 14.5. The lowest BCUT2D eigenvalue weighted by molar-refractivity contribution is -0.153. The predicted molar refractivity (Wildman–Crippen MR) is 69.0 cm³/mol. The van der Waals surface area contributed by atoms with E-state index in [9.17, 15) is 4.79 Å². The molecule has 1 N–H and O–H groups in total. The van der Waals surface area contributed by atoms with E-state index in [1.54, 1.807) is 0 Å². The van der Waals surface area contributed by atoms with Gasteiger partial charge in [0.1, 0.15) is 5.75 Å². The molecule has 0 saturated heterocycles. The van der Waals surface area contributed by atoms with Gasteiger partial charge in [-0.3, -0.25) is 0 Å². The van der Waals surface area contributed by atoms with Gasteiger partial charge >= 0.3 is 5.97 Å². The normalized spacial score (nSPS) is 12.4. The zero-order valence-electron chi connectivity index (χ0n) is 11.1. The molecule has 0 saturated carbocycles. The fourth-order valence-electron chi connectivity index (χ4n) is 1.69. The molecular formula is C14H20O4. The summed E-state index contributed by atoms with van der Waals surface area (Å²) >= 11 is 0. The molecule has 18 heavy (non-hydrogen) atoms. The molecular weight excluding hydrogens is 232 g/mol. The highest BCUT2D eigenvalue weighted by Gasteiger charge is 2.21. The molecule has 0 amide bonds. The van der Waals surface area contributed by atoms with Crippen LogP contribution in [0, 0.1) is 0 Å². The van der Waals surface area contributed by atoms with E-state index in [4.69, 9.17) is 14.6 Å². The fourth-order valence-corrected chi connectivity index (χ4v) is 1.69. The number of hydrogen-bond acceptors (Lipinski definition) is 3. The van der Waals surface area contributed by atoms with Gasteiger partial charge < -0.3 is 14.6 Å². The quantitative estimate of drug-likeness (QED) is 0.810. The Morgan fingerprint density at radius 2 is 2.00 bits per heavy atom. The minimum Gasteiger partial charge on any atom is -0.494 e. The number of benzene rings is 1. The van der Waals surface area contributed by atoms with Crippen LogP contribution in [0.25, 0.3) is 0 Å². The van der Waals surface area contributed by atoms with Crippen LogP contribution in [0.3, 0.4) is 0 Å². The number of para-hydroxylation sites is 1. The first-order chi connectivity index (χ1) is 8.54. The van der Waals surface area contributed by atoms with E-state index in [2.05, 4.69) is 0 Å². The van der Waals surface area contributed by atoms with Gasteiger partial charge in [-0.1, -0.05) is 18.2 Å². The second kappa shape index (κ2) is 7.01. The smallest absolute Gasteiger partial charge is 0.333 e. The van der Waals surface area contributed by atoms with Crippen LogP contribution in [0.1, 0.15) is 26.3 Å². The number of rotatable bonds is 7. The summed E-state index contributed by atoms with van der Waals surface area (Å²) in [5, 5.41) is 9.14. The zero-order chi connectivity index (χ0) is 13.5. The maximum Gasteiger partial charge on any atom is 0.333 e. The molecule has 0 aromatic heterocycles. The van der Waals surface area contributed by atoms with E-state index in [1.165, 1.54) is 0 Å². The molecule has 0 aliphatic rings. The van der Waals surface area contributed by atoms with Crippen LogP contribution in [-0.2, 0) is 16.0 Å². The molecule has 1 aromatic carbocycles. The van der Waals surface area contributed by atoms with Crippen molar-refractivity contribution in [3.63, 3.8) is 0 Å². The van der Waals surface area contributed by atoms with Crippen LogP contribution in [-0.4, -0.2) is 29.9 Å². The van der Waals surface area contributed by atoms with Crippen molar-refractivity contribution in [2.24, 2.45) is 0 Å². The van der Waals surface area contributed by atoms with E-state index in [-0.39, 0.29) is 6.10 Å². The molecule has 1 atom stereocenters. The third kappa shape index (κ3) is 4.37. The standard InChI is InChI=1S/C14H20O4/c1-4-17-12-8-6-5-7-11(12)9-13(14(15)16)18-10(2)3/h5-8,10,13H,4,9H2,1-3H3,(H,15,16)/t13-/m0/s1. The molecule has 1 rings (SSSR count). The van der Waals surface area contributed by atoms with Crippen LogP contribution < -0.4 is 4.74 Å². The number of carboxylic acids is 1. The summed E-state index contributed by atoms with van der Waals surface area (Å²) in [4.78, 5) is 11.1. The number of ether oxygens (including phenoxy) is 2. The number of carbonyl (C=O) groups is 1. The highest BCUT2D eigenvalue weighted by molar-refractivity contribution is 5.73. The molecule has 0 aliphatic carbocycles. The Labute approximate surface area is 108 Å². The second-order valence-corrected chi connectivity index (χ2v) is 4.26. The van der Waals surface area contributed by atoms with Crippen molar-refractivity contribution in [3.8, 4) is 5.75 Å². The number of carboxylic acid groups (broad SMARTS) is 1. The Bertz CT molecular complexity index is 387. The average Bonchev–Trinajstić information content (AvgIpc) is 2.30. The molecule has 4 heteroatoms. The molecule has 0 bridgehead atoms. The maximum absolute atomic E-state index is 11.1. The molecule has 0 radical (unpaired) electrons. The summed E-state index contributed by atoms with van der Waals surface area (Å²) in [6, 6.07) is 7.44. The topological polar surface area (TPSA) is 55.8 Å². The second-order valence-electron chi connectivity index (χ2n) is 4.26. The summed E-state index contributed by atoms with van der Waals surface area (Å²) in [6.45, 7) is 6.10. The van der Waals surface area contributed by atoms with Gasteiger partial charge in [0.25, 0.3) is 0 Å². The van der Waals surface area contributed by atoms with Crippen molar-refractivity contribution in [3.05, 3.63) is 29.8 Å². The van der Waals surface area contributed by atoms with E-state index in [0.717, 1.165) is 11.3 Å². The van der Waals surface area contributed by atoms with Crippen molar-refractivity contribution in [2.75, 3.05) is 6.61 Å². The van der Waals surface area contributed by atoms with Crippen molar-refractivity contribution in [1.29, 1.82) is 0 Å². The Morgan fingerprint density at radius 1 is 1.33 bits per heavy atom. The van der Waals surface area contributed by atoms with Gasteiger partial charge in [-0.05, 0) is 32.4 Å². The molecule has 1 aromatic rings. The molecule has 100 valence electrons. The third-order valence-electron chi connectivity index (χ3n) is 2.39. The third-order valence-corrected chi connectivity index (χ3v) is 2.39. The van der Waals surface area contributed by atoms with Crippen molar-refractivity contribution in [2.45, 2.75) is 39.4 Å². The highest BCUT2D eigenvalue weighted by atomic mass is 16.5. The van der Waals surface area contributed by atoms with E-state index >= 15 is 0 Å². The lowest BCUT2D eigenvalue weighted by Gasteiger charge is -2.18. The van der Waals surface area contributed by atoms with Crippen molar-refractivity contribution >= 4 is 5.97 Å². The minimum absolute atomic E-state index is 0.120. The Kier molecular flexibility index (Phi) is 5.65. The average molecular weight is 252 g/mol. The Hall–Kier alpha value is -1.55. The monoisotopic (exact) mass is 252 g/mol. The zero-order valence-corrected chi connectivity index (χ0v) is 11.1. The molecule has 4 nitrogen and oxygen atoms in total. The van der Waals surface area contributed by atoms with Gasteiger partial charge in [0.15, 0.2) is 6.10 Å². The molecule has 0 fully saturated rings. The fraction of sp³-hybridized carbons (Fsp3) is 0.500. The summed E-state index contributed by atoms with van der Waals surface area (Å²) in [7, 11) is 0. The highest BCUT2D eigenvalue weighted by Crippen LogP contribution is 2.21. The van der Waals surface area contributed by atoms with E-state index < -0.39 is 12.1 Å². The lowest BCUT2D eigenvalue weighted by atomic mass is 10.1. The van der Waals surface area contributed by atoms with Gasteiger partial charge in [-0.15, -0.1) is 0 Å². The first-order valence-electron chi connectivity index (χ1n) is 6.13. The van der Waals surface area contributed by atoms with Gasteiger partial charge in [0.2, 0.25) is 0 Å².